The van der Waals surface area contributed by atoms with E-state index in [4.69, 9.17) is 0 Å². The van der Waals surface area contributed by atoms with E-state index in [9.17, 15) is 4.79 Å². The van der Waals surface area contributed by atoms with Crippen molar-refractivity contribution in [2.24, 2.45) is 5.92 Å². The van der Waals surface area contributed by atoms with Crippen LogP contribution in [0, 0.1) is 5.92 Å². The van der Waals surface area contributed by atoms with Crippen molar-refractivity contribution >= 4 is 36.4 Å². The van der Waals surface area contributed by atoms with Crippen molar-refractivity contribution in [1.29, 1.82) is 0 Å². The highest BCUT2D eigenvalue weighted by Gasteiger charge is 2.38. The molecule has 6 nitrogen and oxygen atoms in total. The number of hydrogen-bond donors (Lipinski definition) is 2. The van der Waals surface area contributed by atoms with E-state index < -0.39 is 0 Å². The van der Waals surface area contributed by atoms with Crippen LogP contribution in [0.5, 0.6) is 0 Å². The zero-order valence-electron chi connectivity index (χ0n) is 16.5. The standard InChI is InChI=1S/C21H27N5O.2ClH/c27-21(18-13-15-5-1-2-6-17(15)23-18)22-16-10-8-14(9-11-16)20-25-24-19-7-3-4-12-26(19)20;;/h8-11,15,17-18,23H,1-7,12-13H2,(H,22,27);2*1H. The molecule has 2 fully saturated rings. The Labute approximate surface area is 184 Å². The zero-order valence-corrected chi connectivity index (χ0v) is 18.1. The van der Waals surface area contributed by atoms with E-state index in [0.717, 1.165) is 42.3 Å². The Morgan fingerprint density at radius 2 is 1.83 bits per heavy atom. The first-order valence-corrected chi connectivity index (χ1v) is 10.4. The summed E-state index contributed by atoms with van der Waals surface area (Å²) in [6.07, 6.45) is 9.44. The Bertz CT molecular complexity index is 824. The number of hydrogen-bond acceptors (Lipinski definition) is 4. The largest absolute Gasteiger partial charge is 0.325 e. The molecule has 1 aromatic heterocycles. The van der Waals surface area contributed by atoms with Crippen molar-refractivity contribution in [3.63, 3.8) is 0 Å². The van der Waals surface area contributed by atoms with Crippen LogP contribution in [0.3, 0.4) is 0 Å². The number of rotatable bonds is 3. The number of aryl methyl sites for hydroxylation is 1. The van der Waals surface area contributed by atoms with Crippen LogP contribution in [-0.4, -0.2) is 32.8 Å². The first-order chi connectivity index (χ1) is 13.3. The molecule has 5 rings (SSSR count). The normalized spacial score (nSPS) is 25.2. The number of fused-ring (bicyclic) bond motifs is 2. The Morgan fingerprint density at radius 1 is 1.03 bits per heavy atom. The summed E-state index contributed by atoms with van der Waals surface area (Å²) in [5, 5.41) is 15.3. The molecule has 1 saturated carbocycles. The molecule has 3 unspecified atom stereocenters. The lowest BCUT2D eigenvalue weighted by Crippen LogP contribution is -2.39. The topological polar surface area (TPSA) is 71.8 Å². The summed E-state index contributed by atoms with van der Waals surface area (Å²) in [4.78, 5) is 12.7. The van der Waals surface area contributed by atoms with Crippen LogP contribution in [0.4, 0.5) is 5.69 Å². The molecule has 0 radical (unpaired) electrons. The third-order valence-electron chi connectivity index (χ3n) is 6.45. The quantitative estimate of drug-likeness (QED) is 0.761. The first-order valence-electron chi connectivity index (χ1n) is 10.4. The number of carbonyl (C=O) groups is 1. The van der Waals surface area contributed by atoms with Crippen LogP contribution in [-0.2, 0) is 17.8 Å². The molecule has 8 heteroatoms. The molecule has 3 aliphatic rings. The lowest BCUT2D eigenvalue weighted by atomic mass is 9.85. The highest BCUT2D eigenvalue weighted by Crippen LogP contribution is 2.33. The molecule has 3 atom stereocenters. The summed E-state index contributed by atoms with van der Waals surface area (Å²) >= 11 is 0. The summed E-state index contributed by atoms with van der Waals surface area (Å²) in [7, 11) is 0. The van der Waals surface area contributed by atoms with Crippen molar-refractivity contribution in [2.45, 2.75) is 70.0 Å². The van der Waals surface area contributed by atoms with Gasteiger partial charge in [0.1, 0.15) is 5.82 Å². The third-order valence-corrected chi connectivity index (χ3v) is 6.45. The van der Waals surface area contributed by atoms with Gasteiger partial charge in [0.15, 0.2) is 5.82 Å². The summed E-state index contributed by atoms with van der Waals surface area (Å²) < 4.78 is 2.22. The second kappa shape index (κ2) is 9.45. The van der Waals surface area contributed by atoms with Gasteiger partial charge in [-0.25, -0.2) is 0 Å². The molecule has 2 N–H and O–H groups in total. The lowest BCUT2D eigenvalue weighted by Gasteiger charge is -2.24. The van der Waals surface area contributed by atoms with E-state index in [1.165, 1.54) is 38.5 Å². The van der Waals surface area contributed by atoms with Gasteiger partial charge in [-0.15, -0.1) is 35.0 Å². The molecule has 0 spiro atoms. The molecule has 1 saturated heterocycles. The summed E-state index contributed by atoms with van der Waals surface area (Å²) in [6.45, 7) is 0.992. The van der Waals surface area contributed by atoms with Crippen LogP contribution < -0.4 is 10.6 Å². The second-order valence-electron chi connectivity index (χ2n) is 8.22. The van der Waals surface area contributed by atoms with Crippen molar-refractivity contribution in [2.75, 3.05) is 5.32 Å². The molecular weight excluding hydrogens is 409 g/mol. The van der Waals surface area contributed by atoms with Gasteiger partial charge >= 0.3 is 0 Å². The average Bonchev–Trinajstić information content (AvgIpc) is 3.33. The predicted octanol–water partition coefficient (Wildman–Crippen LogP) is 3.98. The fraction of sp³-hybridized carbons (Fsp3) is 0.571. The van der Waals surface area contributed by atoms with Crippen LogP contribution in [0.2, 0.25) is 0 Å². The number of halogens is 2. The van der Waals surface area contributed by atoms with Gasteiger partial charge < -0.3 is 15.2 Å². The molecule has 29 heavy (non-hydrogen) atoms. The third kappa shape index (κ3) is 4.44. The highest BCUT2D eigenvalue weighted by atomic mass is 35.5. The molecule has 158 valence electrons. The van der Waals surface area contributed by atoms with Crippen molar-refractivity contribution < 1.29 is 4.79 Å². The van der Waals surface area contributed by atoms with E-state index in [1.807, 2.05) is 24.3 Å². The van der Waals surface area contributed by atoms with Gasteiger partial charge in [0.05, 0.1) is 6.04 Å². The van der Waals surface area contributed by atoms with Crippen LogP contribution in [0.1, 0.15) is 50.8 Å². The monoisotopic (exact) mass is 437 g/mol. The van der Waals surface area contributed by atoms with Crippen molar-refractivity contribution in [3.05, 3.63) is 30.1 Å². The van der Waals surface area contributed by atoms with Gasteiger partial charge in [-0.1, -0.05) is 12.8 Å². The minimum atomic E-state index is -0.0544. The van der Waals surface area contributed by atoms with E-state index in [2.05, 4.69) is 25.4 Å². The molecule has 2 aromatic rings. The average molecular weight is 438 g/mol. The first kappa shape index (κ1) is 22.1. The van der Waals surface area contributed by atoms with Gasteiger partial charge in [-0.2, -0.15) is 0 Å². The van der Waals surface area contributed by atoms with E-state index in [-0.39, 0.29) is 36.8 Å². The van der Waals surface area contributed by atoms with Crippen molar-refractivity contribution in [1.82, 2.24) is 20.1 Å². The number of nitrogens with one attached hydrogen (secondary N) is 2. The minimum Gasteiger partial charge on any atom is -0.325 e. The second-order valence-corrected chi connectivity index (χ2v) is 8.22. The Hall–Kier alpha value is -1.63. The van der Waals surface area contributed by atoms with Crippen LogP contribution in [0.15, 0.2) is 24.3 Å². The van der Waals surface area contributed by atoms with Gasteiger partial charge in [-0.3, -0.25) is 4.79 Å². The summed E-state index contributed by atoms with van der Waals surface area (Å²) in [5.74, 6) is 2.79. The molecule has 1 amide bonds. The number of amides is 1. The maximum absolute atomic E-state index is 12.7. The number of nitrogens with zero attached hydrogens (tertiary/aromatic N) is 3. The fourth-order valence-corrected chi connectivity index (χ4v) is 4.97. The minimum absolute atomic E-state index is 0. The smallest absolute Gasteiger partial charge is 0.241 e. The van der Waals surface area contributed by atoms with E-state index >= 15 is 0 Å². The summed E-state index contributed by atoms with van der Waals surface area (Å²) in [5.41, 5.74) is 1.90. The number of aromatic nitrogens is 3. The van der Waals surface area contributed by atoms with E-state index in [1.54, 1.807) is 0 Å². The molecular formula is C21H29Cl2N5O. The molecule has 2 aliphatic heterocycles. The Morgan fingerprint density at radius 3 is 2.62 bits per heavy atom. The highest BCUT2D eigenvalue weighted by molar-refractivity contribution is 5.95. The number of carbonyl (C=O) groups excluding carboxylic acids is 1. The maximum atomic E-state index is 12.7. The molecule has 1 aliphatic carbocycles. The predicted molar refractivity (Wildman–Crippen MR) is 119 cm³/mol. The van der Waals surface area contributed by atoms with Crippen LogP contribution in [0.25, 0.3) is 11.4 Å². The Balaban J connectivity index is 0.00000120. The van der Waals surface area contributed by atoms with Gasteiger partial charge in [0.2, 0.25) is 5.91 Å². The molecule has 3 heterocycles. The molecule has 1 aromatic carbocycles. The SMILES string of the molecule is Cl.Cl.O=C(Nc1ccc(-c2nnc3n2CCCC3)cc1)C1CC2CCCCC2N1. The van der Waals surface area contributed by atoms with Crippen molar-refractivity contribution in [3.8, 4) is 11.4 Å². The number of anilines is 1. The zero-order chi connectivity index (χ0) is 18.2. The van der Waals surface area contributed by atoms with Gasteiger partial charge in [0, 0.05) is 30.3 Å². The Kier molecular flexibility index (Phi) is 7.19. The lowest BCUT2D eigenvalue weighted by molar-refractivity contribution is -0.117. The van der Waals surface area contributed by atoms with Gasteiger partial charge in [-0.05, 0) is 62.3 Å². The van der Waals surface area contributed by atoms with E-state index in [0.29, 0.717) is 12.0 Å². The maximum Gasteiger partial charge on any atom is 0.241 e. The molecule has 0 bridgehead atoms. The summed E-state index contributed by atoms with van der Waals surface area (Å²) in [6, 6.07) is 8.49. The van der Waals surface area contributed by atoms with Gasteiger partial charge in [0.25, 0.3) is 0 Å². The fourth-order valence-electron chi connectivity index (χ4n) is 4.97. The number of benzene rings is 1. The van der Waals surface area contributed by atoms with Crippen LogP contribution >= 0.6 is 24.8 Å².